The molecule has 3 aliphatic rings. The molecule has 2 unspecified atom stereocenters. The molecule has 2 saturated heterocycles. The van der Waals surface area contributed by atoms with Gasteiger partial charge in [-0.15, -0.1) is 11.3 Å². The summed E-state index contributed by atoms with van der Waals surface area (Å²) in [6, 6.07) is 3.70. The standard InChI is InChI=1S/C23H29ClN6O3S/c1-14(17-6-7-18(24)34-17)22(32)28-9-3-4-15(12-28)30-11-10-29(13-19(30)31)23(33)20-16-5-2-8-25-21(16)27-26-20/h6-7,14-15H,2-5,8-13H2,1H3,(H2,25,26,27). The SMILES string of the molecule is CC(C(=O)N1CCCC(N2CCN(C(=O)c3[nH]nc4c3CCCN4)CC2=O)C1)c1ccc(Cl)s1. The summed E-state index contributed by atoms with van der Waals surface area (Å²) in [5.74, 6) is 0.321. The number of amides is 3. The molecule has 3 aliphatic heterocycles. The van der Waals surface area contributed by atoms with Gasteiger partial charge in [0.1, 0.15) is 12.2 Å². The first-order valence-corrected chi connectivity index (χ1v) is 13.1. The van der Waals surface area contributed by atoms with E-state index in [9.17, 15) is 14.4 Å². The fourth-order valence-electron chi connectivity index (χ4n) is 5.17. The molecule has 2 atom stereocenters. The van der Waals surface area contributed by atoms with Crippen molar-refractivity contribution in [1.82, 2.24) is 24.9 Å². The van der Waals surface area contributed by atoms with Crippen molar-refractivity contribution >= 4 is 46.5 Å². The van der Waals surface area contributed by atoms with Gasteiger partial charge in [0.15, 0.2) is 5.82 Å². The summed E-state index contributed by atoms with van der Waals surface area (Å²) in [5, 5.41) is 10.3. The van der Waals surface area contributed by atoms with Crippen LogP contribution in [0.4, 0.5) is 5.82 Å². The molecule has 5 rings (SSSR count). The van der Waals surface area contributed by atoms with E-state index < -0.39 is 0 Å². The number of piperidine rings is 1. The number of hydrogen-bond donors (Lipinski definition) is 2. The number of aromatic amines is 1. The second kappa shape index (κ2) is 9.58. The third-order valence-corrected chi connectivity index (χ3v) is 8.48. The maximum atomic E-state index is 13.1. The maximum absolute atomic E-state index is 13.1. The number of carbonyl (C=O) groups is 3. The van der Waals surface area contributed by atoms with Gasteiger partial charge in [-0.2, -0.15) is 5.10 Å². The summed E-state index contributed by atoms with van der Waals surface area (Å²) in [7, 11) is 0. The van der Waals surface area contributed by atoms with Crippen LogP contribution >= 0.6 is 22.9 Å². The van der Waals surface area contributed by atoms with Crippen molar-refractivity contribution in [3.63, 3.8) is 0 Å². The van der Waals surface area contributed by atoms with Crippen molar-refractivity contribution < 1.29 is 14.4 Å². The first-order chi connectivity index (χ1) is 16.4. The fraction of sp³-hybridized carbons (Fsp3) is 0.565. The highest BCUT2D eigenvalue weighted by molar-refractivity contribution is 7.16. The van der Waals surface area contributed by atoms with Crippen molar-refractivity contribution in [2.45, 2.75) is 44.6 Å². The first-order valence-electron chi connectivity index (χ1n) is 11.9. The van der Waals surface area contributed by atoms with Crippen LogP contribution in [0.2, 0.25) is 4.34 Å². The lowest BCUT2D eigenvalue weighted by molar-refractivity contribution is -0.143. The van der Waals surface area contributed by atoms with Crippen LogP contribution in [0.5, 0.6) is 0 Å². The Labute approximate surface area is 207 Å². The summed E-state index contributed by atoms with van der Waals surface area (Å²) in [6.45, 7) is 4.99. The van der Waals surface area contributed by atoms with E-state index in [0.29, 0.717) is 36.2 Å². The number of nitrogens with one attached hydrogen (secondary N) is 2. The molecule has 0 spiro atoms. The number of piperazine rings is 1. The van der Waals surface area contributed by atoms with Crippen molar-refractivity contribution in [1.29, 1.82) is 0 Å². The monoisotopic (exact) mass is 504 g/mol. The van der Waals surface area contributed by atoms with Crippen LogP contribution in [0, 0.1) is 0 Å². The molecule has 0 bridgehead atoms. The highest BCUT2D eigenvalue weighted by atomic mass is 35.5. The van der Waals surface area contributed by atoms with E-state index in [4.69, 9.17) is 11.6 Å². The number of nitrogens with zero attached hydrogens (tertiary/aromatic N) is 4. The lowest BCUT2D eigenvalue weighted by Crippen LogP contribution is -2.59. The minimum atomic E-state index is -0.253. The van der Waals surface area contributed by atoms with Gasteiger partial charge in [0, 0.05) is 49.2 Å². The second-order valence-corrected chi connectivity index (χ2v) is 11.0. The molecule has 0 radical (unpaired) electrons. The van der Waals surface area contributed by atoms with Gasteiger partial charge in [0.05, 0.1) is 10.3 Å². The molecular weight excluding hydrogens is 476 g/mol. The van der Waals surface area contributed by atoms with Crippen molar-refractivity contribution in [3.8, 4) is 0 Å². The number of aromatic nitrogens is 2. The molecule has 182 valence electrons. The third-order valence-electron chi connectivity index (χ3n) is 7.06. The number of carbonyl (C=O) groups excluding carboxylic acids is 3. The minimum Gasteiger partial charge on any atom is -0.368 e. The lowest BCUT2D eigenvalue weighted by Gasteiger charge is -2.43. The van der Waals surface area contributed by atoms with E-state index in [-0.39, 0.29) is 36.2 Å². The van der Waals surface area contributed by atoms with Crippen LogP contribution in [0.25, 0.3) is 0 Å². The van der Waals surface area contributed by atoms with Gasteiger partial charge in [-0.1, -0.05) is 11.6 Å². The number of anilines is 1. The van der Waals surface area contributed by atoms with Crippen LogP contribution in [0.3, 0.4) is 0 Å². The zero-order valence-corrected chi connectivity index (χ0v) is 20.8. The Bertz CT molecular complexity index is 1100. The number of halogens is 1. The van der Waals surface area contributed by atoms with Crippen LogP contribution in [-0.2, 0) is 16.0 Å². The van der Waals surface area contributed by atoms with Crippen LogP contribution < -0.4 is 5.32 Å². The van der Waals surface area contributed by atoms with E-state index in [1.807, 2.05) is 28.9 Å². The van der Waals surface area contributed by atoms with Gasteiger partial charge in [0.25, 0.3) is 5.91 Å². The van der Waals surface area contributed by atoms with Crippen LogP contribution in [0.15, 0.2) is 12.1 Å². The molecule has 9 nitrogen and oxygen atoms in total. The molecule has 34 heavy (non-hydrogen) atoms. The summed E-state index contributed by atoms with van der Waals surface area (Å²) < 4.78 is 0.677. The van der Waals surface area contributed by atoms with E-state index in [1.54, 1.807) is 4.90 Å². The molecule has 11 heteroatoms. The van der Waals surface area contributed by atoms with E-state index >= 15 is 0 Å². The van der Waals surface area contributed by atoms with Gasteiger partial charge in [-0.05, 0) is 44.7 Å². The number of likely N-dealkylation sites (tertiary alicyclic amines) is 1. The number of hydrogen-bond acceptors (Lipinski definition) is 6. The molecule has 5 heterocycles. The van der Waals surface area contributed by atoms with E-state index in [1.165, 1.54) is 11.3 Å². The van der Waals surface area contributed by atoms with Crippen molar-refractivity contribution in [2.75, 3.05) is 44.6 Å². The predicted molar refractivity (Wildman–Crippen MR) is 130 cm³/mol. The van der Waals surface area contributed by atoms with Gasteiger partial charge in [-0.25, -0.2) is 0 Å². The normalized spacial score (nSPS) is 21.8. The van der Waals surface area contributed by atoms with Gasteiger partial charge in [-0.3, -0.25) is 19.5 Å². The third kappa shape index (κ3) is 4.40. The molecule has 0 aliphatic carbocycles. The molecule has 2 N–H and O–H groups in total. The summed E-state index contributed by atoms with van der Waals surface area (Å²) in [4.78, 5) is 45.6. The Kier molecular flexibility index (Phi) is 6.52. The number of thiophene rings is 1. The molecule has 2 aromatic rings. The Morgan fingerprint density at radius 2 is 2.06 bits per heavy atom. The number of rotatable bonds is 4. The quantitative estimate of drug-likeness (QED) is 0.666. The van der Waals surface area contributed by atoms with Crippen LogP contribution in [0.1, 0.15) is 53.0 Å². The second-order valence-electron chi connectivity index (χ2n) is 9.21. The minimum absolute atomic E-state index is 0.0225. The number of H-pyrrole nitrogens is 1. The molecular formula is C23H29ClN6O3S. The summed E-state index contributed by atoms with van der Waals surface area (Å²) in [5.41, 5.74) is 1.40. The van der Waals surface area contributed by atoms with Gasteiger partial charge >= 0.3 is 0 Å². The fourth-order valence-corrected chi connectivity index (χ4v) is 6.28. The average molecular weight is 505 g/mol. The van der Waals surface area contributed by atoms with E-state index in [2.05, 4.69) is 15.5 Å². The van der Waals surface area contributed by atoms with Gasteiger partial charge < -0.3 is 20.0 Å². The topological polar surface area (TPSA) is 102 Å². The number of fused-ring (bicyclic) bond motifs is 1. The van der Waals surface area contributed by atoms with Crippen LogP contribution in [-0.4, -0.2) is 87.9 Å². The molecule has 0 aromatic carbocycles. The lowest BCUT2D eigenvalue weighted by atomic mass is 10.00. The summed E-state index contributed by atoms with van der Waals surface area (Å²) in [6.07, 6.45) is 3.47. The Morgan fingerprint density at radius 1 is 1.21 bits per heavy atom. The smallest absolute Gasteiger partial charge is 0.272 e. The first kappa shape index (κ1) is 23.2. The molecule has 3 amide bonds. The Hall–Kier alpha value is -2.59. The highest BCUT2D eigenvalue weighted by Crippen LogP contribution is 2.31. The summed E-state index contributed by atoms with van der Waals surface area (Å²) >= 11 is 7.48. The molecule has 2 fully saturated rings. The van der Waals surface area contributed by atoms with Crippen molar-refractivity contribution in [3.05, 3.63) is 32.6 Å². The van der Waals surface area contributed by atoms with Crippen molar-refractivity contribution in [2.24, 2.45) is 0 Å². The maximum Gasteiger partial charge on any atom is 0.272 e. The highest BCUT2D eigenvalue weighted by Gasteiger charge is 2.37. The Morgan fingerprint density at radius 3 is 2.82 bits per heavy atom. The average Bonchev–Trinajstić information content (AvgIpc) is 3.49. The van der Waals surface area contributed by atoms with Gasteiger partial charge in [0.2, 0.25) is 11.8 Å². The Balaban J connectivity index is 1.21. The predicted octanol–water partition coefficient (Wildman–Crippen LogP) is 2.56. The van der Waals surface area contributed by atoms with E-state index in [0.717, 1.165) is 48.5 Å². The zero-order valence-electron chi connectivity index (χ0n) is 19.2. The molecule has 0 saturated carbocycles. The zero-order chi connectivity index (χ0) is 23.8. The largest absolute Gasteiger partial charge is 0.368 e. The molecule has 2 aromatic heterocycles.